The quantitative estimate of drug-likeness (QED) is 0.781. The smallest absolute Gasteiger partial charge is 0.261 e. The normalized spacial score (nSPS) is 10.2. The lowest BCUT2D eigenvalue weighted by Crippen LogP contribution is -2.31. The lowest BCUT2D eigenvalue weighted by atomic mass is 10.1. The van der Waals surface area contributed by atoms with Gasteiger partial charge in [-0.1, -0.05) is 30.3 Å². The molecular weight excluding hydrogens is 306 g/mol. The Morgan fingerprint density at radius 3 is 2.00 bits per heavy atom. The van der Waals surface area contributed by atoms with Gasteiger partial charge in [0.2, 0.25) is 0 Å². The van der Waals surface area contributed by atoms with Gasteiger partial charge in [-0.2, -0.15) is 0 Å². The minimum absolute atomic E-state index is 0.141. The molecule has 0 radical (unpaired) electrons. The molecule has 24 heavy (non-hydrogen) atoms. The van der Waals surface area contributed by atoms with Crippen LogP contribution in [-0.2, 0) is 6.54 Å². The molecule has 2 aromatic carbocycles. The van der Waals surface area contributed by atoms with Crippen LogP contribution in [0.15, 0.2) is 42.5 Å². The molecule has 0 aliphatic carbocycles. The molecule has 2 aromatic rings. The second kappa shape index (κ2) is 8.24. The minimum atomic E-state index is -0.141. The highest BCUT2D eigenvalue weighted by atomic mass is 16.5. The molecule has 5 nitrogen and oxygen atoms in total. The number of amides is 1. The van der Waals surface area contributed by atoms with E-state index >= 15 is 0 Å². The van der Waals surface area contributed by atoms with Crippen molar-refractivity contribution in [3.63, 3.8) is 0 Å². The van der Waals surface area contributed by atoms with Crippen molar-refractivity contribution in [2.45, 2.75) is 13.5 Å². The number of hydrogen-bond donors (Lipinski definition) is 0. The molecule has 0 unspecified atom stereocenters. The van der Waals surface area contributed by atoms with Crippen molar-refractivity contribution in [3.8, 4) is 17.2 Å². The van der Waals surface area contributed by atoms with E-state index in [0.717, 1.165) is 5.56 Å². The third-order valence-corrected chi connectivity index (χ3v) is 3.81. The lowest BCUT2D eigenvalue weighted by Gasteiger charge is -2.23. The number of methoxy groups -OCH3 is 3. The van der Waals surface area contributed by atoms with Crippen molar-refractivity contribution in [2.75, 3.05) is 27.9 Å². The molecule has 0 saturated carbocycles. The van der Waals surface area contributed by atoms with Crippen molar-refractivity contribution < 1.29 is 19.0 Å². The van der Waals surface area contributed by atoms with E-state index in [1.165, 1.54) is 14.2 Å². The van der Waals surface area contributed by atoms with Crippen LogP contribution in [0.5, 0.6) is 17.2 Å². The van der Waals surface area contributed by atoms with Crippen LogP contribution in [0.1, 0.15) is 22.8 Å². The standard InChI is InChI=1S/C19H23NO4/c1-5-20(13-14-9-7-6-8-10-14)19(21)18-16(23-3)11-15(22-2)12-17(18)24-4/h6-12H,5,13H2,1-4H3. The average Bonchev–Trinajstić information content (AvgIpc) is 2.65. The molecule has 2 rings (SSSR count). The molecular formula is C19H23NO4. The van der Waals surface area contributed by atoms with Gasteiger partial charge in [0.05, 0.1) is 21.3 Å². The molecule has 0 atom stereocenters. The molecule has 0 fully saturated rings. The Bertz CT molecular complexity index is 660. The maximum absolute atomic E-state index is 13.1. The van der Waals surface area contributed by atoms with Crippen molar-refractivity contribution in [3.05, 3.63) is 53.6 Å². The molecule has 0 N–H and O–H groups in total. The summed E-state index contributed by atoms with van der Waals surface area (Å²) < 4.78 is 16.0. The zero-order valence-corrected chi connectivity index (χ0v) is 14.5. The summed E-state index contributed by atoms with van der Waals surface area (Å²) in [5, 5.41) is 0. The van der Waals surface area contributed by atoms with Gasteiger partial charge in [-0.3, -0.25) is 4.79 Å². The van der Waals surface area contributed by atoms with Gasteiger partial charge >= 0.3 is 0 Å². The van der Waals surface area contributed by atoms with E-state index in [9.17, 15) is 4.79 Å². The van der Waals surface area contributed by atoms with Crippen LogP contribution in [0.4, 0.5) is 0 Å². The SMILES string of the molecule is CCN(Cc1ccccc1)C(=O)c1c(OC)cc(OC)cc1OC. The lowest BCUT2D eigenvalue weighted by molar-refractivity contribution is 0.0745. The molecule has 128 valence electrons. The Labute approximate surface area is 142 Å². The Morgan fingerprint density at radius 2 is 1.54 bits per heavy atom. The zero-order chi connectivity index (χ0) is 17.5. The van der Waals surface area contributed by atoms with Gasteiger partial charge < -0.3 is 19.1 Å². The van der Waals surface area contributed by atoms with E-state index in [1.807, 2.05) is 37.3 Å². The summed E-state index contributed by atoms with van der Waals surface area (Å²) in [5.74, 6) is 1.30. The van der Waals surface area contributed by atoms with E-state index in [4.69, 9.17) is 14.2 Å². The van der Waals surface area contributed by atoms with Crippen molar-refractivity contribution >= 4 is 5.91 Å². The van der Waals surface area contributed by atoms with Crippen LogP contribution in [0.2, 0.25) is 0 Å². The van der Waals surface area contributed by atoms with Crippen LogP contribution >= 0.6 is 0 Å². The second-order valence-electron chi connectivity index (χ2n) is 5.21. The summed E-state index contributed by atoms with van der Waals surface area (Å²) in [5.41, 5.74) is 1.47. The van der Waals surface area contributed by atoms with Crippen LogP contribution < -0.4 is 14.2 Å². The number of rotatable bonds is 7. The highest BCUT2D eigenvalue weighted by Gasteiger charge is 2.24. The maximum atomic E-state index is 13.1. The Morgan fingerprint density at radius 1 is 0.958 bits per heavy atom. The minimum Gasteiger partial charge on any atom is -0.496 e. The molecule has 0 spiro atoms. The van der Waals surface area contributed by atoms with Gasteiger partial charge in [-0.15, -0.1) is 0 Å². The Kier molecular flexibility index (Phi) is 6.07. The highest BCUT2D eigenvalue weighted by Crippen LogP contribution is 2.35. The third kappa shape index (κ3) is 3.79. The number of nitrogens with zero attached hydrogens (tertiary/aromatic N) is 1. The zero-order valence-electron chi connectivity index (χ0n) is 14.5. The van der Waals surface area contributed by atoms with E-state index in [2.05, 4.69) is 0 Å². The number of hydrogen-bond acceptors (Lipinski definition) is 4. The molecule has 0 aromatic heterocycles. The summed E-state index contributed by atoms with van der Waals surface area (Å²) in [6.07, 6.45) is 0. The number of carbonyl (C=O) groups is 1. The van der Waals surface area contributed by atoms with E-state index in [1.54, 1.807) is 24.1 Å². The predicted octanol–water partition coefficient (Wildman–Crippen LogP) is 3.37. The van der Waals surface area contributed by atoms with Crippen LogP contribution in [0, 0.1) is 0 Å². The van der Waals surface area contributed by atoms with Gasteiger partial charge in [-0.05, 0) is 12.5 Å². The van der Waals surface area contributed by atoms with Gasteiger partial charge in [0.15, 0.2) is 0 Å². The molecule has 0 saturated heterocycles. The fourth-order valence-corrected chi connectivity index (χ4v) is 2.51. The first-order chi connectivity index (χ1) is 11.6. The second-order valence-corrected chi connectivity index (χ2v) is 5.21. The number of ether oxygens (including phenoxy) is 3. The fourth-order valence-electron chi connectivity index (χ4n) is 2.51. The Hall–Kier alpha value is -2.69. The van der Waals surface area contributed by atoms with Crippen LogP contribution in [-0.4, -0.2) is 38.7 Å². The van der Waals surface area contributed by atoms with Gasteiger partial charge in [-0.25, -0.2) is 0 Å². The maximum Gasteiger partial charge on any atom is 0.261 e. The first kappa shape index (κ1) is 17.7. The predicted molar refractivity (Wildman–Crippen MR) is 93.0 cm³/mol. The fraction of sp³-hybridized carbons (Fsp3) is 0.316. The summed E-state index contributed by atoms with van der Waals surface area (Å²) >= 11 is 0. The largest absolute Gasteiger partial charge is 0.496 e. The molecule has 0 aliphatic rings. The molecule has 0 aliphatic heterocycles. The van der Waals surface area contributed by atoms with Crippen LogP contribution in [0.3, 0.4) is 0 Å². The molecule has 0 heterocycles. The van der Waals surface area contributed by atoms with Crippen LogP contribution in [0.25, 0.3) is 0 Å². The number of benzene rings is 2. The molecule has 5 heteroatoms. The van der Waals surface area contributed by atoms with Gasteiger partial charge in [0, 0.05) is 25.2 Å². The van der Waals surface area contributed by atoms with Crippen molar-refractivity contribution in [1.82, 2.24) is 4.90 Å². The highest BCUT2D eigenvalue weighted by molar-refractivity contribution is 6.00. The Balaban J connectivity index is 2.39. The first-order valence-corrected chi connectivity index (χ1v) is 7.77. The molecule has 1 amide bonds. The average molecular weight is 329 g/mol. The topological polar surface area (TPSA) is 48.0 Å². The summed E-state index contributed by atoms with van der Waals surface area (Å²) in [6.45, 7) is 3.05. The monoisotopic (exact) mass is 329 g/mol. The first-order valence-electron chi connectivity index (χ1n) is 7.77. The number of carbonyl (C=O) groups excluding carboxylic acids is 1. The van der Waals surface area contributed by atoms with E-state index < -0.39 is 0 Å². The summed E-state index contributed by atoms with van der Waals surface area (Å²) in [6, 6.07) is 13.2. The third-order valence-electron chi connectivity index (χ3n) is 3.81. The van der Waals surface area contributed by atoms with Crippen molar-refractivity contribution in [1.29, 1.82) is 0 Å². The van der Waals surface area contributed by atoms with Gasteiger partial charge in [0.1, 0.15) is 22.8 Å². The van der Waals surface area contributed by atoms with Crippen molar-refractivity contribution in [2.24, 2.45) is 0 Å². The van der Waals surface area contributed by atoms with E-state index in [0.29, 0.717) is 35.9 Å². The van der Waals surface area contributed by atoms with E-state index in [-0.39, 0.29) is 5.91 Å². The summed E-state index contributed by atoms with van der Waals surface area (Å²) in [7, 11) is 4.61. The summed E-state index contributed by atoms with van der Waals surface area (Å²) in [4.78, 5) is 14.8. The van der Waals surface area contributed by atoms with Gasteiger partial charge in [0.25, 0.3) is 5.91 Å². The molecule has 0 bridgehead atoms.